The maximum absolute atomic E-state index is 11.9. The molecule has 0 atom stereocenters. The number of azide groups is 1. The lowest BCUT2D eigenvalue weighted by atomic mass is 10.1. The van der Waals surface area contributed by atoms with E-state index in [9.17, 15) is 4.79 Å². The summed E-state index contributed by atoms with van der Waals surface area (Å²) < 4.78 is 16.8. The second kappa shape index (κ2) is 14.2. The monoisotopic (exact) mass is 463 g/mol. The summed E-state index contributed by atoms with van der Waals surface area (Å²) in [5.74, 6) is -0.0798. The molecule has 32 heavy (non-hydrogen) atoms. The Morgan fingerprint density at radius 3 is 2.09 bits per heavy atom. The van der Waals surface area contributed by atoms with E-state index in [4.69, 9.17) is 19.4 Å². The van der Waals surface area contributed by atoms with Crippen LogP contribution in [0.3, 0.4) is 0 Å². The van der Waals surface area contributed by atoms with Crippen molar-refractivity contribution < 1.29 is 18.7 Å². The van der Waals surface area contributed by atoms with Gasteiger partial charge in [0.05, 0.1) is 13.7 Å². The van der Waals surface area contributed by atoms with Gasteiger partial charge < -0.3 is 13.9 Å². The van der Waals surface area contributed by atoms with Gasteiger partial charge in [-0.1, -0.05) is 70.5 Å². The minimum absolute atomic E-state index is 0.283. The fraction of sp³-hybridized carbons (Fsp3) is 0.708. The Kier molecular flexibility index (Phi) is 12.4. The highest BCUT2D eigenvalue weighted by molar-refractivity contribution is 6.74. The molecule has 0 bridgehead atoms. The molecule has 180 valence electrons. The smallest absolute Gasteiger partial charge is 0.341 e. The van der Waals surface area contributed by atoms with Gasteiger partial charge in [-0.3, -0.25) is 0 Å². The highest BCUT2D eigenvalue weighted by Gasteiger charge is 2.36. The number of methoxy groups -OCH3 is 1. The van der Waals surface area contributed by atoms with Crippen molar-refractivity contribution in [2.24, 2.45) is 5.11 Å². The standard InChI is InChI=1S/C24H41N3O4Si/c1-24(2,3)32(5,6)31-18-14-12-10-8-7-9-11-13-17-30-22-19-20(26-27-25)15-16-21(22)23(28)29-4/h15-16,19H,7-14,17-18H2,1-6H3. The molecule has 0 spiro atoms. The number of rotatable bonds is 15. The number of ether oxygens (including phenoxy) is 2. The molecule has 0 aromatic heterocycles. The molecule has 0 unspecified atom stereocenters. The quantitative estimate of drug-likeness (QED) is 0.0658. The predicted octanol–water partition coefficient (Wildman–Crippen LogP) is 7.94. The van der Waals surface area contributed by atoms with E-state index >= 15 is 0 Å². The molecule has 0 aliphatic rings. The number of benzene rings is 1. The third-order valence-electron chi connectivity index (χ3n) is 6.10. The lowest BCUT2D eigenvalue weighted by molar-refractivity contribution is 0.0596. The van der Waals surface area contributed by atoms with E-state index in [-0.39, 0.29) is 5.04 Å². The number of carbonyl (C=O) groups excluding carboxylic acids is 1. The first-order valence-electron chi connectivity index (χ1n) is 11.7. The zero-order valence-corrected chi connectivity index (χ0v) is 21.8. The van der Waals surface area contributed by atoms with Crippen LogP contribution in [0, 0.1) is 0 Å². The summed E-state index contributed by atoms with van der Waals surface area (Å²) in [6.45, 7) is 12.9. The molecule has 0 aliphatic carbocycles. The molecule has 8 heteroatoms. The zero-order chi connectivity index (χ0) is 24.0. The summed E-state index contributed by atoms with van der Waals surface area (Å²) >= 11 is 0. The predicted molar refractivity (Wildman–Crippen MR) is 132 cm³/mol. The van der Waals surface area contributed by atoms with Gasteiger partial charge >= 0.3 is 5.97 Å². The summed E-state index contributed by atoms with van der Waals surface area (Å²) in [4.78, 5) is 14.7. The van der Waals surface area contributed by atoms with Crippen LogP contribution in [0.25, 0.3) is 10.4 Å². The summed E-state index contributed by atoms with van der Waals surface area (Å²) in [6, 6.07) is 4.70. The highest BCUT2D eigenvalue weighted by Crippen LogP contribution is 2.36. The molecule has 0 saturated heterocycles. The lowest BCUT2D eigenvalue weighted by Crippen LogP contribution is -2.40. The van der Waals surface area contributed by atoms with Crippen LogP contribution in [-0.2, 0) is 9.16 Å². The molecule has 1 aromatic rings. The minimum atomic E-state index is -1.60. The number of carbonyl (C=O) groups is 1. The first kappa shape index (κ1) is 28.0. The van der Waals surface area contributed by atoms with Crippen molar-refractivity contribution in [2.75, 3.05) is 20.3 Å². The largest absolute Gasteiger partial charge is 0.493 e. The molecule has 1 rings (SSSR count). The van der Waals surface area contributed by atoms with Crippen LogP contribution in [0.1, 0.15) is 82.5 Å². The van der Waals surface area contributed by atoms with Gasteiger partial charge in [0.1, 0.15) is 11.3 Å². The van der Waals surface area contributed by atoms with Crippen LogP contribution in [-0.4, -0.2) is 34.6 Å². The molecule has 0 radical (unpaired) electrons. The van der Waals surface area contributed by atoms with Crippen LogP contribution in [0.2, 0.25) is 18.1 Å². The SMILES string of the molecule is COC(=O)c1ccc(N=[N+]=[N-])cc1OCCCCCCCCCCO[Si](C)(C)C(C)(C)C. The van der Waals surface area contributed by atoms with Crippen molar-refractivity contribution in [1.29, 1.82) is 0 Å². The molecule has 0 saturated carbocycles. The maximum atomic E-state index is 11.9. The number of unbranched alkanes of at least 4 members (excludes halogenated alkanes) is 7. The van der Waals surface area contributed by atoms with Gasteiger partial charge in [-0.15, -0.1) is 0 Å². The van der Waals surface area contributed by atoms with Crippen LogP contribution in [0.4, 0.5) is 5.69 Å². The molecule has 0 aliphatic heterocycles. The van der Waals surface area contributed by atoms with Crippen molar-refractivity contribution >= 4 is 20.0 Å². The maximum Gasteiger partial charge on any atom is 0.341 e. The third-order valence-corrected chi connectivity index (χ3v) is 10.6. The van der Waals surface area contributed by atoms with Gasteiger partial charge in [0, 0.05) is 17.2 Å². The zero-order valence-electron chi connectivity index (χ0n) is 20.8. The number of hydrogen-bond donors (Lipinski definition) is 0. The minimum Gasteiger partial charge on any atom is -0.493 e. The Morgan fingerprint density at radius 1 is 1.00 bits per heavy atom. The first-order chi connectivity index (χ1) is 15.1. The van der Waals surface area contributed by atoms with E-state index in [0.717, 1.165) is 25.9 Å². The van der Waals surface area contributed by atoms with Gasteiger partial charge in [-0.2, -0.15) is 0 Å². The van der Waals surface area contributed by atoms with E-state index in [0.29, 0.717) is 23.6 Å². The molecule has 1 aromatic carbocycles. The molecular weight excluding hydrogens is 422 g/mol. The van der Waals surface area contributed by atoms with Crippen LogP contribution in [0.15, 0.2) is 23.3 Å². The Morgan fingerprint density at radius 2 is 1.56 bits per heavy atom. The van der Waals surface area contributed by atoms with E-state index in [1.807, 2.05) is 0 Å². The van der Waals surface area contributed by atoms with Gasteiger partial charge in [0.2, 0.25) is 0 Å². The third kappa shape index (κ3) is 10.1. The van der Waals surface area contributed by atoms with Gasteiger partial charge in [0.25, 0.3) is 0 Å². The summed E-state index contributed by atoms with van der Waals surface area (Å²) in [7, 11) is -0.274. The van der Waals surface area contributed by atoms with Crippen molar-refractivity contribution in [3.63, 3.8) is 0 Å². The number of nitrogens with zero attached hydrogens (tertiary/aromatic N) is 3. The van der Waals surface area contributed by atoms with E-state index < -0.39 is 14.3 Å². The Bertz CT molecular complexity index is 756. The average molecular weight is 464 g/mol. The Hall–Kier alpha value is -2.02. The Balaban J connectivity index is 2.17. The van der Waals surface area contributed by atoms with Crippen LogP contribution in [0.5, 0.6) is 5.75 Å². The normalized spacial score (nSPS) is 11.7. The fourth-order valence-electron chi connectivity index (χ4n) is 3.01. The number of esters is 1. The number of hydrogen-bond acceptors (Lipinski definition) is 5. The second-order valence-corrected chi connectivity index (χ2v) is 14.5. The fourth-order valence-corrected chi connectivity index (χ4v) is 4.10. The van der Waals surface area contributed by atoms with Gasteiger partial charge in [-0.25, -0.2) is 4.79 Å². The van der Waals surface area contributed by atoms with E-state index in [1.165, 1.54) is 39.2 Å². The molecule has 0 N–H and O–H groups in total. The van der Waals surface area contributed by atoms with Crippen molar-refractivity contribution in [3.8, 4) is 5.75 Å². The van der Waals surface area contributed by atoms with E-state index in [2.05, 4.69) is 43.9 Å². The highest BCUT2D eigenvalue weighted by atomic mass is 28.4. The summed E-state index contributed by atoms with van der Waals surface area (Å²) in [5.41, 5.74) is 9.34. The van der Waals surface area contributed by atoms with Crippen LogP contribution < -0.4 is 4.74 Å². The Labute approximate surface area is 194 Å². The molecule has 7 nitrogen and oxygen atoms in total. The summed E-state index contributed by atoms with van der Waals surface area (Å²) in [6.07, 6.45) is 9.28. The summed E-state index contributed by atoms with van der Waals surface area (Å²) in [5, 5.41) is 3.85. The average Bonchev–Trinajstić information content (AvgIpc) is 2.73. The molecule has 0 heterocycles. The topological polar surface area (TPSA) is 93.5 Å². The van der Waals surface area contributed by atoms with Gasteiger partial charge in [-0.05, 0) is 48.6 Å². The molecule has 0 amide bonds. The van der Waals surface area contributed by atoms with Crippen molar-refractivity contribution in [1.82, 2.24) is 0 Å². The van der Waals surface area contributed by atoms with Crippen LogP contribution >= 0.6 is 0 Å². The van der Waals surface area contributed by atoms with E-state index in [1.54, 1.807) is 18.2 Å². The van der Waals surface area contributed by atoms with Crippen molar-refractivity contribution in [2.45, 2.75) is 90.3 Å². The first-order valence-corrected chi connectivity index (χ1v) is 14.6. The molecule has 0 fully saturated rings. The second-order valence-electron chi connectivity index (χ2n) is 9.65. The van der Waals surface area contributed by atoms with Crippen molar-refractivity contribution in [3.05, 3.63) is 34.2 Å². The van der Waals surface area contributed by atoms with Gasteiger partial charge in [0.15, 0.2) is 8.32 Å². The lowest BCUT2D eigenvalue weighted by Gasteiger charge is -2.36. The molecular formula is C24H41N3O4Si.